The van der Waals surface area contributed by atoms with Crippen LogP contribution in [-0.4, -0.2) is 45.2 Å². The molecule has 0 bridgehead atoms. The normalized spacial score (nSPS) is 14.2. The lowest BCUT2D eigenvalue weighted by Gasteiger charge is -2.13. The number of amides is 1. The number of nitrogens with one attached hydrogen (secondary N) is 3. The van der Waals surface area contributed by atoms with E-state index in [9.17, 15) is 4.79 Å². The molecule has 0 atom stereocenters. The summed E-state index contributed by atoms with van der Waals surface area (Å²) in [7, 11) is 1.70. The van der Waals surface area contributed by atoms with Crippen molar-refractivity contribution in [3.63, 3.8) is 0 Å². The molecule has 1 aromatic rings. The Balaban J connectivity index is 0.00000420. The molecule has 7 heteroatoms. The Morgan fingerprint density at radius 2 is 1.90 bits per heavy atom. The summed E-state index contributed by atoms with van der Waals surface area (Å²) in [6.07, 6.45) is 6.49. The molecule has 1 aliphatic rings. The average Bonchev–Trinajstić information content (AvgIpc) is 3.19. The number of nitrogens with zero attached hydrogens (tertiary/aromatic N) is 1. The quantitative estimate of drug-likeness (QED) is 0.193. The molecule has 1 saturated carbocycles. The molecule has 29 heavy (non-hydrogen) atoms. The maximum atomic E-state index is 12.0. The van der Waals surface area contributed by atoms with Crippen LogP contribution in [0, 0.1) is 12.8 Å². The number of ether oxygens (including phenoxy) is 1. The van der Waals surface area contributed by atoms with Crippen LogP contribution in [0.25, 0.3) is 0 Å². The van der Waals surface area contributed by atoms with Crippen molar-refractivity contribution in [3.8, 4) is 5.75 Å². The van der Waals surface area contributed by atoms with Crippen LogP contribution < -0.4 is 20.7 Å². The van der Waals surface area contributed by atoms with E-state index in [1.807, 2.05) is 13.8 Å². The summed E-state index contributed by atoms with van der Waals surface area (Å²) >= 11 is 0. The third kappa shape index (κ3) is 9.69. The molecule has 3 N–H and O–H groups in total. The lowest BCUT2D eigenvalue weighted by atomic mass is 10.0. The number of benzene rings is 1. The maximum Gasteiger partial charge on any atom is 0.220 e. The van der Waals surface area contributed by atoms with Crippen LogP contribution in [0.3, 0.4) is 0 Å². The molecule has 0 radical (unpaired) electrons. The van der Waals surface area contributed by atoms with Crippen molar-refractivity contribution in [1.29, 1.82) is 0 Å². The van der Waals surface area contributed by atoms with Crippen LogP contribution in [0.2, 0.25) is 0 Å². The highest BCUT2D eigenvalue weighted by atomic mass is 127. The number of hydrogen-bond donors (Lipinski definition) is 3. The van der Waals surface area contributed by atoms with Crippen LogP contribution in [-0.2, 0) is 11.2 Å². The first-order valence-electron chi connectivity index (χ1n) is 10.5. The number of methoxy groups -OCH3 is 1. The lowest BCUT2D eigenvalue weighted by molar-refractivity contribution is -0.121. The fraction of sp³-hybridized carbons (Fsp3) is 0.636. The highest BCUT2D eigenvalue weighted by Crippen LogP contribution is 2.27. The third-order valence-corrected chi connectivity index (χ3v) is 5.18. The minimum absolute atomic E-state index is 0. The summed E-state index contributed by atoms with van der Waals surface area (Å²) < 4.78 is 5.38. The van der Waals surface area contributed by atoms with E-state index >= 15 is 0 Å². The summed E-state index contributed by atoms with van der Waals surface area (Å²) in [5.74, 6) is 2.46. The summed E-state index contributed by atoms with van der Waals surface area (Å²) in [4.78, 5) is 16.6. The van der Waals surface area contributed by atoms with Gasteiger partial charge in [-0.05, 0) is 56.2 Å². The molecule has 0 aromatic heterocycles. The summed E-state index contributed by atoms with van der Waals surface area (Å²) in [6, 6.07) is 6.27. The van der Waals surface area contributed by atoms with E-state index in [1.165, 1.54) is 31.2 Å². The highest BCUT2D eigenvalue weighted by Gasteiger charge is 2.17. The summed E-state index contributed by atoms with van der Waals surface area (Å²) in [6.45, 7) is 6.87. The van der Waals surface area contributed by atoms with Gasteiger partial charge in [-0.1, -0.05) is 25.0 Å². The number of hydrogen-bond acceptors (Lipinski definition) is 3. The van der Waals surface area contributed by atoms with Gasteiger partial charge >= 0.3 is 0 Å². The number of halogens is 1. The molecule has 1 aliphatic carbocycles. The SMILES string of the molecule is CCNC(=NCCc1ccc(C)c(OC)c1)NCCNC(=O)CC1CCCC1.I. The van der Waals surface area contributed by atoms with Crippen LogP contribution in [0.5, 0.6) is 5.75 Å². The molecule has 0 unspecified atom stereocenters. The molecular weight excluding hydrogens is 479 g/mol. The zero-order valence-corrected chi connectivity index (χ0v) is 20.4. The second-order valence-electron chi connectivity index (χ2n) is 7.45. The molecule has 1 fully saturated rings. The predicted molar refractivity (Wildman–Crippen MR) is 130 cm³/mol. The largest absolute Gasteiger partial charge is 0.496 e. The maximum absolute atomic E-state index is 12.0. The van der Waals surface area contributed by atoms with Gasteiger partial charge in [0.15, 0.2) is 5.96 Å². The van der Waals surface area contributed by atoms with Crippen molar-refractivity contribution in [3.05, 3.63) is 29.3 Å². The first-order chi connectivity index (χ1) is 13.6. The molecule has 1 aromatic carbocycles. The minimum Gasteiger partial charge on any atom is -0.496 e. The van der Waals surface area contributed by atoms with Crippen molar-refractivity contribution in [2.75, 3.05) is 33.3 Å². The molecule has 2 rings (SSSR count). The van der Waals surface area contributed by atoms with Crippen LogP contribution in [0.15, 0.2) is 23.2 Å². The third-order valence-electron chi connectivity index (χ3n) is 5.18. The van der Waals surface area contributed by atoms with Crippen molar-refractivity contribution in [2.24, 2.45) is 10.9 Å². The number of carbonyl (C=O) groups is 1. The van der Waals surface area contributed by atoms with Gasteiger partial charge in [0.2, 0.25) is 5.91 Å². The molecule has 6 nitrogen and oxygen atoms in total. The second kappa shape index (κ2) is 14.5. The fourth-order valence-electron chi connectivity index (χ4n) is 3.59. The number of carbonyl (C=O) groups excluding carboxylic acids is 1. The fourth-order valence-corrected chi connectivity index (χ4v) is 3.59. The molecule has 0 aliphatic heterocycles. The van der Waals surface area contributed by atoms with Crippen LogP contribution in [0.4, 0.5) is 0 Å². The Labute approximate surface area is 192 Å². The highest BCUT2D eigenvalue weighted by molar-refractivity contribution is 14.0. The van der Waals surface area contributed by atoms with Gasteiger partial charge in [0.05, 0.1) is 7.11 Å². The Morgan fingerprint density at radius 1 is 1.17 bits per heavy atom. The molecule has 164 valence electrons. The van der Waals surface area contributed by atoms with Gasteiger partial charge in [-0.2, -0.15) is 0 Å². The van der Waals surface area contributed by atoms with E-state index in [0.717, 1.165) is 30.2 Å². The summed E-state index contributed by atoms with van der Waals surface area (Å²) in [5.41, 5.74) is 2.35. The van der Waals surface area contributed by atoms with Crippen molar-refractivity contribution >= 4 is 35.8 Å². The Kier molecular flexibility index (Phi) is 12.7. The standard InChI is InChI=1S/C22H36N4O2.HI/c1-4-23-22(25-12-11-19-10-9-17(2)20(15-19)28-3)26-14-13-24-21(27)16-18-7-5-6-8-18;/h9-10,15,18H,4-8,11-14,16H2,1-3H3,(H,24,27)(H2,23,25,26);1H. The van der Waals surface area contributed by atoms with Crippen molar-refractivity contribution in [2.45, 2.75) is 52.4 Å². The smallest absolute Gasteiger partial charge is 0.220 e. The van der Waals surface area contributed by atoms with Crippen molar-refractivity contribution < 1.29 is 9.53 Å². The lowest BCUT2D eigenvalue weighted by Crippen LogP contribution is -2.41. The topological polar surface area (TPSA) is 74.8 Å². The number of aryl methyl sites for hydroxylation is 1. The van der Waals surface area contributed by atoms with Crippen LogP contribution >= 0.6 is 24.0 Å². The van der Waals surface area contributed by atoms with Crippen molar-refractivity contribution in [1.82, 2.24) is 16.0 Å². The zero-order chi connectivity index (χ0) is 20.2. The number of guanidine groups is 1. The van der Waals surface area contributed by atoms with E-state index in [4.69, 9.17) is 4.74 Å². The van der Waals surface area contributed by atoms with E-state index in [0.29, 0.717) is 32.0 Å². The van der Waals surface area contributed by atoms with Gasteiger partial charge in [0.25, 0.3) is 0 Å². The van der Waals surface area contributed by atoms with Gasteiger partial charge < -0.3 is 20.7 Å². The Morgan fingerprint density at radius 3 is 2.59 bits per heavy atom. The van der Waals surface area contributed by atoms with Gasteiger partial charge in [-0.25, -0.2) is 0 Å². The second-order valence-corrected chi connectivity index (χ2v) is 7.45. The van der Waals surface area contributed by atoms with E-state index in [2.05, 4.69) is 39.1 Å². The van der Waals surface area contributed by atoms with Gasteiger partial charge in [0, 0.05) is 32.6 Å². The summed E-state index contributed by atoms with van der Waals surface area (Å²) in [5, 5.41) is 9.54. The first kappa shape index (κ1) is 25.5. The van der Waals surface area contributed by atoms with E-state index in [1.54, 1.807) is 7.11 Å². The molecule has 0 heterocycles. The van der Waals surface area contributed by atoms with E-state index < -0.39 is 0 Å². The Bertz CT molecular complexity index is 646. The molecule has 1 amide bonds. The van der Waals surface area contributed by atoms with Crippen LogP contribution in [0.1, 0.15) is 50.2 Å². The minimum atomic E-state index is 0. The Hall–Kier alpha value is -1.51. The van der Waals surface area contributed by atoms with E-state index in [-0.39, 0.29) is 29.9 Å². The average molecular weight is 516 g/mol. The van der Waals surface area contributed by atoms with Gasteiger partial charge in [-0.15, -0.1) is 24.0 Å². The molecule has 0 spiro atoms. The monoisotopic (exact) mass is 516 g/mol. The first-order valence-corrected chi connectivity index (χ1v) is 10.5. The predicted octanol–water partition coefficient (Wildman–Crippen LogP) is 3.42. The molecular formula is C22H37IN4O2. The number of rotatable bonds is 10. The number of aliphatic imine (C=N–C) groups is 1. The zero-order valence-electron chi connectivity index (χ0n) is 18.1. The molecule has 0 saturated heterocycles. The van der Waals surface area contributed by atoms with Gasteiger partial charge in [0.1, 0.15) is 5.75 Å². The van der Waals surface area contributed by atoms with Gasteiger partial charge in [-0.3, -0.25) is 9.79 Å².